The van der Waals surface area contributed by atoms with Crippen molar-refractivity contribution in [1.29, 1.82) is 0 Å². The van der Waals surface area contributed by atoms with Crippen molar-refractivity contribution in [2.75, 3.05) is 11.9 Å². The molecule has 98 valence electrons. The number of aromatic nitrogens is 1. The maximum Gasteiger partial charge on any atom is 0.231 e. The standard InChI is InChI=1S/C14H21N3O/c1-9-6-14(7-9,8-15)13(18)17-12-5-4-10(2)16-11(12)3/h4-5,9H,6-8,15H2,1-3H3,(H,17,18). The van der Waals surface area contributed by atoms with Crippen molar-refractivity contribution < 1.29 is 4.79 Å². The first-order chi connectivity index (χ1) is 8.47. The van der Waals surface area contributed by atoms with Gasteiger partial charge in [0.2, 0.25) is 5.91 Å². The van der Waals surface area contributed by atoms with Crippen LogP contribution in [0.25, 0.3) is 0 Å². The molecule has 0 bridgehead atoms. The van der Waals surface area contributed by atoms with Gasteiger partial charge in [-0.3, -0.25) is 9.78 Å². The smallest absolute Gasteiger partial charge is 0.231 e. The van der Waals surface area contributed by atoms with Crippen LogP contribution in [0.3, 0.4) is 0 Å². The number of hydrogen-bond donors (Lipinski definition) is 2. The van der Waals surface area contributed by atoms with Gasteiger partial charge in [-0.1, -0.05) is 6.92 Å². The molecule has 4 heteroatoms. The Hall–Kier alpha value is -1.42. The van der Waals surface area contributed by atoms with Gasteiger partial charge in [0, 0.05) is 12.2 Å². The lowest BCUT2D eigenvalue weighted by molar-refractivity contribution is -0.132. The minimum absolute atomic E-state index is 0.0388. The normalized spacial score (nSPS) is 26.6. The summed E-state index contributed by atoms with van der Waals surface area (Å²) in [5.74, 6) is 0.633. The molecule has 0 saturated heterocycles. The first-order valence-corrected chi connectivity index (χ1v) is 6.42. The Kier molecular flexibility index (Phi) is 3.39. The Morgan fingerprint density at radius 1 is 1.50 bits per heavy atom. The van der Waals surface area contributed by atoms with E-state index in [1.54, 1.807) is 0 Å². The Morgan fingerprint density at radius 3 is 2.67 bits per heavy atom. The van der Waals surface area contributed by atoms with Crippen LogP contribution in [0.15, 0.2) is 12.1 Å². The van der Waals surface area contributed by atoms with Gasteiger partial charge < -0.3 is 11.1 Å². The number of nitrogens with zero attached hydrogens (tertiary/aromatic N) is 1. The topological polar surface area (TPSA) is 68.0 Å². The van der Waals surface area contributed by atoms with E-state index in [0.29, 0.717) is 12.5 Å². The Labute approximate surface area is 108 Å². The third-order valence-electron chi connectivity index (χ3n) is 3.82. The molecule has 0 unspecified atom stereocenters. The second-order valence-corrected chi connectivity index (χ2v) is 5.54. The molecule has 3 N–H and O–H groups in total. The summed E-state index contributed by atoms with van der Waals surface area (Å²) < 4.78 is 0. The van der Waals surface area contributed by atoms with E-state index in [1.807, 2.05) is 26.0 Å². The number of nitrogens with two attached hydrogens (primary N) is 1. The Balaban J connectivity index is 2.11. The molecule has 0 aliphatic heterocycles. The molecule has 1 fully saturated rings. The molecular weight excluding hydrogens is 226 g/mol. The van der Waals surface area contributed by atoms with Gasteiger partial charge in [0.1, 0.15) is 0 Å². The number of pyridine rings is 1. The second kappa shape index (κ2) is 4.69. The van der Waals surface area contributed by atoms with Crippen LogP contribution in [0, 0.1) is 25.2 Å². The summed E-state index contributed by atoms with van der Waals surface area (Å²) >= 11 is 0. The van der Waals surface area contributed by atoms with E-state index in [0.717, 1.165) is 29.9 Å². The van der Waals surface area contributed by atoms with Crippen molar-refractivity contribution in [2.45, 2.75) is 33.6 Å². The minimum atomic E-state index is -0.364. The maximum atomic E-state index is 12.3. The zero-order chi connectivity index (χ0) is 13.3. The molecule has 2 rings (SSSR count). The zero-order valence-electron chi connectivity index (χ0n) is 11.3. The highest BCUT2D eigenvalue weighted by atomic mass is 16.2. The van der Waals surface area contributed by atoms with Crippen LogP contribution in [-0.2, 0) is 4.79 Å². The Morgan fingerprint density at radius 2 is 2.17 bits per heavy atom. The quantitative estimate of drug-likeness (QED) is 0.858. The van der Waals surface area contributed by atoms with Crippen molar-refractivity contribution in [1.82, 2.24) is 4.98 Å². The predicted octanol–water partition coefficient (Wildman–Crippen LogP) is 2.01. The molecule has 18 heavy (non-hydrogen) atoms. The lowest BCUT2D eigenvalue weighted by Gasteiger charge is -2.44. The summed E-state index contributed by atoms with van der Waals surface area (Å²) in [7, 11) is 0. The fourth-order valence-corrected chi connectivity index (χ4v) is 2.79. The van der Waals surface area contributed by atoms with Gasteiger partial charge in [-0.2, -0.15) is 0 Å². The van der Waals surface area contributed by atoms with E-state index in [9.17, 15) is 4.79 Å². The van der Waals surface area contributed by atoms with Gasteiger partial charge >= 0.3 is 0 Å². The van der Waals surface area contributed by atoms with Crippen molar-refractivity contribution in [2.24, 2.45) is 17.1 Å². The minimum Gasteiger partial charge on any atom is -0.329 e. The first-order valence-electron chi connectivity index (χ1n) is 6.42. The summed E-state index contributed by atoms with van der Waals surface area (Å²) in [6.45, 7) is 6.41. The van der Waals surface area contributed by atoms with Crippen molar-refractivity contribution in [3.8, 4) is 0 Å². The number of aryl methyl sites for hydroxylation is 2. The molecule has 1 aliphatic rings. The summed E-state index contributed by atoms with van der Waals surface area (Å²) in [6, 6.07) is 3.81. The van der Waals surface area contributed by atoms with Gasteiger partial charge in [-0.25, -0.2) is 0 Å². The van der Waals surface area contributed by atoms with E-state index in [4.69, 9.17) is 5.73 Å². The maximum absolute atomic E-state index is 12.3. The third kappa shape index (κ3) is 2.25. The molecule has 1 saturated carbocycles. The van der Waals surface area contributed by atoms with Crippen molar-refractivity contribution >= 4 is 11.6 Å². The number of hydrogen-bond acceptors (Lipinski definition) is 3. The Bertz CT molecular complexity index is 464. The predicted molar refractivity (Wildman–Crippen MR) is 72.2 cm³/mol. The van der Waals surface area contributed by atoms with Crippen LogP contribution in [0.5, 0.6) is 0 Å². The number of carbonyl (C=O) groups is 1. The van der Waals surface area contributed by atoms with E-state index < -0.39 is 0 Å². The van der Waals surface area contributed by atoms with Crippen LogP contribution in [0.1, 0.15) is 31.2 Å². The van der Waals surface area contributed by atoms with E-state index in [-0.39, 0.29) is 11.3 Å². The van der Waals surface area contributed by atoms with Gasteiger partial charge in [-0.05, 0) is 44.7 Å². The summed E-state index contributed by atoms with van der Waals surface area (Å²) in [5.41, 5.74) is 8.00. The van der Waals surface area contributed by atoms with Crippen LogP contribution in [0.2, 0.25) is 0 Å². The fraction of sp³-hybridized carbons (Fsp3) is 0.571. The summed E-state index contributed by atoms with van der Waals surface area (Å²) in [5, 5.41) is 2.97. The molecule has 4 nitrogen and oxygen atoms in total. The molecule has 1 amide bonds. The van der Waals surface area contributed by atoms with Crippen LogP contribution in [0.4, 0.5) is 5.69 Å². The fourth-order valence-electron chi connectivity index (χ4n) is 2.79. The number of rotatable bonds is 3. The van der Waals surface area contributed by atoms with Gasteiger partial charge in [0.05, 0.1) is 16.8 Å². The average Bonchev–Trinajstić information content (AvgIpc) is 2.28. The molecule has 1 heterocycles. The molecule has 0 aromatic carbocycles. The summed E-state index contributed by atoms with van der Waals surface area (Å²) in [6.07, 6.45) is 1.77. The van der Waals surface area contributed by atoms with Crippen molar-refractivity contribution in [3.05, 3.63) is 23.5 Å². The molecule has 0 atom stereocenters. The van der Waals surface area contributed by atoms with Crippen LogP contribution in [-0.4, -0.2) is 17.4 Å². The van der Waals surface area contributed by atoms with E-state index >= 15 is 0 Å². The molecule has 0 spiro atoms. The first kappa shape index (κ1) is 13.0. The second-order valence-electron chi connectivity index (χ2n) is 5.54. The molecular formula is C14H21N3O. The molecule has 1 aromatic heterocycles. The summed E-state index contributed by atoms with van der Waals surface area (Å²) in [4.78, 5) is 16.7. The molecule has 1 aromatic rings. The number of amides is 1. The zero-order valence-corrected chi connectivity index (χ0v) is 11.3. The SMILES string of the molecule is Cc1ccc(NC(=O)C2(CN)CC(C)C2)c(C)n1. The number of anilines is 1. The average molecular weight is 247 g/mol. The largest absolute Gasteiger partial charge is 0.329 e. The monoisotopic (exact) mass is 247 g/mol. The molecule has 0 radical (unpaired) electrons. The van der Waals surface area contributed by atoms with Gasteiger partial charge in [0.25, 0.3) is 0 Å². The van der Waals surface area contributed by atoms with Crippen LogP contribution < -0.4 is 11.1 Å². The van der Waals surface area contributed by atoms with E-state index in [1.165, 1.54) is 0 Å². The highest BCUT2D eigenvalue weighted by molar-refractivity contribution is 5.96. The number of nitrogens with one attached hydrogen (secondary N) is 1. The number of carbonyl (C=O) groups excluding carboxylic acids is 1. The lowest BCUT2D eigenvalue weighted by Crippen LogP contribution is -2.51. The van der Waals surface area contributed by atoms with Gasteiger partial charge in [-0.15, -0.1) is 0 Å². The van der Waals surface area contributed by atoms with Crippen molar-refractivity contribution in [3.63, 3.8) is 0 Å². The van der Waals surface area contributed by atoms with E-state index in [2.05, 4.69) is 17.2 Å². The molecule has 1 aliphatic carbocycles. The highest BCUT2D eigenvalue weighted by Gasteiger charge is 2.47. The lowest BCUT2D eigenvalue weighted by atomic mass is 9.62. The highest BCUT2D eigenvalue weighted by Crippen LogP contribution is 2.45. The van der Waals surface area contributed by atoms with Gasteiger partial charge in [0.15, 0.2) is 0 Å². The third-order valence-corrected chi connectivity index (χ3v) is 3.82. The van der Waals surface area contributed by atoms with Crippen LogP contribution >= 0.6 is 0 Å².